The highest BCUT2D eigenvalue weighted by Gasteiger charge is 2.40. The largest absolute Gasteiger partial charge is 0.415 e. The van der Waals surface area contributed by atoms with Gasteiger partial charge < -0.3 is 4.52 Å². The van der Waals surface area contributed by atoms with Crippen molar-refractivity contribution >= 4 is 8.77 Å². The molecule has 0 aromatic carbocycles. The van der Waals surface area contributed by atoms with Gasteiger partial charge in [-0.05, 0) is 30.1 Å². The Bertz CT molecular complexity index is 217. The van der Waals surface area contributed by atoms with Crippen molar-refractivity contribution in [3.63, 3.8) is 0 Å². The number of rotatable bonds is 2. The van der Waals surface area contributed by atoms with Crippen LogP contribution in [0.5, 0.6) is 0 Å². The lowest BCUT2D eigenvalue weighted by molar-refractivity contribution is 0.0487. The van der Waals surface area contributed by atoms with E-state index < -0.39 is 8.77 Å². The summed E-state index contributed by atoms with van der Waals surface area (Å²) < 4.78 is 29.5. The Labute approximate surface area is 92.7 Å². The third kappa shape index (κ3) is 3.96. The first-order chi connectivity index (χ1) is 6.73. The lowest BCUT2D eigenvalue weighted by Crippen LogP contribution is -2.32. The van der Waals surface area contributed by atoms with Gasteiger partial charge >= 0.3 is 8.77 Å². The van der Waals surface area contributed by atoms with E-state index in [2.05, 4.69) is 13.8 Å². The summed E-state index contributed by atoms with van der Waals surface area (Å²) in [6, 6.07) is 0. The molecule has 0 bridgehead atoms. The highest BCUT2D eigenvalue weighted by molar-refractivity contribution is 7.40. The fourth-order valence-corrected chi connectivity index (χ4v) is 3.47. The third-order valence-electron chi connectivity index (χ3n) is 3.33. The van der Waals surface area contributed by atoms with Crippen LogP contribution in [0.2, 0.25) is 0 Å². The Morgan fingerprint density at radius 1 is 1.20 bits per heavy atom. The van der Waals surface area contributed by atoms with Gasteiger partial charge in [0.05, 0.1) is 6.10 Å². The van der Waals surface area contributed by atoms with Gasteiger partial charge in [0.25, 0.3) is 0 Å². The maximum absolute atomic E-state index is 12.3. The average molecular weight is 238 g/mol. The Hall–Kier alpha value is 0.250. The summed E-state index contributed by atoms with van der Waals surface area (Å²) in [5, 5.41) is 0. The molecule has 0 heterocycles. The lowest BCUT2D eigenvalue weighted by atomic mass is 9.73. The van der Waals surface area contributed by atoms with Gasteiger partial charge in [-0.3, -0.25) is 0 Å². The standard InChI is InChI=1S/C11H21F2OP/c1-10(2)7-5-6-9(14-15(12)13)11(3,4)8-10/h9H,5-8H2,1-4H3. The zero-order chi connectivity index (χ0) is 11.7. The van der Waals surface area contributed by atoms with E-state index in [1.54, 1.807) is 0 Å². The normalized spacial score (nSPS) is 30.2. The molecule has 15 heavy (non-hydrogen) atoms. The minimum Gasteiger partial charge on any atom is -0.302 e. The summed E-state index contributed by atoms with van der Waals surface area (Å²) in [4.78, 5) is 0. The average Bonchev–Trinajstić information content (AvgIpc) is 2.06. The summed E-state index contributed by atoms with van der Waals surface area (Å²) >= 11 is 0. The fourth-order valence-electron chi connectivity index (χ4n) is 2.88. The van der Waals surface area contributed by atoms with Crippen LogP contribution in [0.3, 0.4) is 0 Å². The molecular weight excluding hydrogens is 217 g/mol. The predicted molar refractivity (Wildman–Crippen MR) is 60.0 cm³/mol. The number of hydrogen-bond acceptors (Lipinski definition) is 1. The molecule has 0 amide bonds. The van der Waals surface area contributed by atoms with Gasteiger partial charge in [0.15, 0.2) is 0 Å². The van der Waals surface area contributed by atoms with Gasteiger partial charge in [0.2, 0.25) is 0 Å². The minimum atomic E-state index is -3.22. The van der Waals surface area contributed by atoms with Crippen LogP contribution in [-0.4, -0.2) is 6.10 Å². The molecule has 0 radical (unpaired) electrons. The SMILES string of the molecule is CC1(C)CCCC(OP(F)F)C(C)(C)C1. The van der Waals surface area contributed by atoms with E-state index in [1.807, 2.05) is 13.8 Å². The van der Waals surface area contributed by atoms with E-state index in [1.165, 1.54) is 0 Å². The van der Waals surface area contributed by atoms with Gasteiger partial charge in [0.1, 0.15) is 0 Å². The molecule has 1 nitrogen and oxygen atoms in total. The molecule has 0 saturated heterocycles. The first-order valence-electron chi connectivity index (χ1n) is 5.51. The van der Waals surface area contributed by atoms with E-state index in [0.29, 0.717) is 0 Å². The topological polar surface area (TPSA) is 9.23 Å². The van der Waals surface area contributed by atoms with Crippen molar-refractivity contribution in [1.29, 1.82) is 0 Å². The van der Waals surface area contributed by atoms with Crippen LogP contribution in [0.1, 0.15) is 53.4 Å². The van der Waals surface area contributed by atoms with Crippen LogP contribution in [0.15, 0.2) is 0 Å². The molecule has 1 fully saturated rings. The fraction of sp³-hybridized carbons (Fsp3) is 1.00. The summed E-state index contributed by atoms with van der Waals surface area (Å²) in [5.74, 6) is 0. The van der Waals surface area contributed by atoms with Crippen molar-refractivity contribution in [1.82, 2.24) is 0 Å². The molecule has 0 aromatic heterocycles. The molecule has 1 saturated carbocycles. The van der Waals surface area contributed by atoms with Crippen LogP contribution in [0, 0.1) is 10.8 Å². The van der Waals surface area contributed by atoms with Gasteiger partial charge in [-0.15, -0.1) is 0 Å². The molecule has 90 valence electrons. The predicted octanol–water partition coefficient (Wildman–Crippen LogP) is 5.16. The summed E-state index contributed by atoms with van der Waals surface area (Å²) in [7, 11) is -3.22. The van der Waals surface area contributed by atoms with E-state index in [-0.39, 0.29) is 16.9 Å². The summed E-state index contributed by atoms with van der Waals surface area (Å²) in [6.07, 6.45) is 3.54. The maximum Gasteiger partial charge on any atom is 0.415 e. The Balaban J connectivity index is 2.72. The molecule has 1 aliphatic carbocycles. The van der Waals surface area contributed by atoms with Crippen molar-refractivity contribution in [3.8, 4) is 0 Å². The first kappa shape index (κ1) is 13.3. The molecule has 4 heteroatoms. The van der Waals surface area contributed by atoms with Crippen LogP contribution in [0.25, 0.3) is 0 Å². The number of halogens is 2. The van der Waals surface area contributed by atoms with Gasteiger partial charge in [-0.25, -0.2) is 0 Å². The monoisotopic (exact) mass is 238 g/mol. The minimum absolute atomic E-state index is 0.140. The molecule has 0 spiro atoms. The van der Waals surface area contributed by atoms with E-state index >= 15 is 0 Å². The molecule has 0 aliphatic heterocycles. The van der Waals surface area contributed by atoms with Gasteiger partial charge in [0, 0.05) is 0 Å². The highest BCUT2D eigenvalue weighted by Crippen LogP contribution is 2.51. The molecular formula is C11H21F2OP. The van der Waals surface area contributed by atoms with Crippen molar-refractivity contribution in [3.05, 3.63) is 0 Å². The smallest absolute Gasteiger partial charge is 0.302 e. The summed E-state index contributed by atoms with van der Waals surface area (Å²) in [6.45, 7) is 8.52. The molecule has 0 N–H and O–H groups in total. The van der Waals surface area contributed by atoms with Gasteiger partial charge in [-0.2, -0.15) is 8.39 Å². The van der Waals surface area contributed by atoms with Crippen molar-refractivity contribution in [2.24, 2.45) is 10.8 Å². The Morgan fingerprint density at radius 3 is 2.33 bits per heavy atom. The Morgan fingerprint density at radius 2 is 1.80 bits per heavy atom. The maximum atomic E-state index is 12.3. The zero-order valence-electron chi connectivity index (χ0n) is 10.0. The second-order valence-electron chi connectivity index (χ2n) is 6.02. The van der Waals surface area contributed by atoms with Crippen LogP contribution >= 0.6 is 8.77 Å². The van der Waals surface area contributed by atoms with Crippen molar-refractivity contribution in [2.75, 3.05) is 0 Å². The summed E-state index contributed by atoms with van der Waals surface area (Å²) in [5.41, 5.74) is 0.107. The van der Waals surface area contributed by atoms with Crippen molar-refractivity contribution in [2.45, 2.75) is 59.5 Å². The van der Waals surface area contributed by atoms with Crippen LogP contribution < -0.4 is 0 Å². The first-order valence-corrected chi connectivity index (χ1v) is 6.56. The molecule has 1 rings (SSSR count). The molecule has 0 aromatic rings. The molecule has 1 aliphatic rings. The molecule has 1 atom stereocenters. The second kappa shape index (κ2) is 4.63. The zero-order valence-corrected chi connectivity index (χ0v) is 10.9. The van der Waals surface area contributed by atoms with E-state index in [0.717, 1.165) is 25.7 Å². The Kier molecular flexibility index (Phi) is 4.11. The third-order valence-corrected chi connectivity index (χ3v) is 3.75. The van der Waals surface area contributed by atoms with Crippen molar-refractivity contribution < 1.29 is 12.9 Å². The van der Waals surface area contributed by atoms with Crippen LogP contribution in [0.4, 0.5) is 8.39 Å². The lowest BCUT2D eigenvalue weighted by Gasteiger charge is -2.36. The quantitative estimate of drug-likeness (QED) is 0.476. The van der Waals surface area contributed by atoms with Gasteiger partial charge in [-0.1, -0.05) is 34.1 Å². The molecule has 1 unspecified atom stereocenters. The van der Waals surface area contributed by atoms with Crippen LogP contribution in [-0.2, 0) is 4.52 Å². The van der Waals surface area contributed by atoms with E-state index in [4.69, 9.17) is 4.52 Å². The highest BCUT2D eigenvalue weighted by atomic mass is 31.2. The second-order valence-corrected chi connectivity index (χ2v) is 6.63. The van der Waals surface area contributed by atoms with E-state index in [9.17, 15) is 8.39 Å². The number of hydrogen-bond donors (Lipinski definition) is 0.